The summed E-state index contributed by atoms with van der Waals surface area (Å²) in [7, 11) is 1.32. The molecule has 0 unspecified atom stereocenters. The number of nitrogens with zero attached hydrogens (tertiary/aromatic N) is 2. The van der Waals surface area contributed by atoms with Gasteiger partial charge in [0.25, 0.3) is 0 Å². The Morgan fingerprint density at radius 2 is 1.83 bits per heavy atom. The highest BCUT2D eigenvalue weighted by atomic mass is 16.5. The minimum atomic E-state index is -0.449. The lowest BCUT2D eigenvalue weighted by Gasteiger charge is -2.23. The molecule has 1 heterocycles. The smallest absolute Gasteiger partial charge is 0.325 e. The second kappa shape index (κ2) is 9.37. The highest BCUT2D eigenvalue weighted by molar-refractivity contribution is 5.95. The Bertz CT molecular complexity index is 892. The Morgan fingerprint density at radius 3 is 2.45 bits per heavy atom. The van der Waals surface area contributed by atoms with E-state index in [0.717, 1.165) is 35.3 Å². The SMILES string of the molecule is COC(=O)CN(Cc1ccccc1C)C(=O)Cc1ccc(N2CCCC2=O)cc1. The number of aryl methyl sites for hydroxylation is 1. The number of anilines is 1. The van der Waals surface area contributed by atoms with Crippen molar-refractivity contribution in [2.24, 2.45) is 0 Å². The maximum Gasteiger partial charge on any atom is 0.325 e. The van der Waals surface area contributed by atoms with Crippen LogP contribution in [0.25, 0.3) is 0 Å². The molecular formula is C23H26N2O4. The van der Waals surface area contributed by atoms with Gasteiger partial charge in [0.15, 0.2) is 0 Å². The number of methoxy groups -OCH3 is 1. The number of benzene rings is 2. The van der Waals surface area contributed by atoms with Gasteiger partial charge in [-0.15, -0.1) is 0 Å². The summed E-state index contributed by atoms with van der Waals surface area (Å²) in [5.41, 5.74) is 3.75. The predicted molar refractivity (Wildman–Crippen MR) is 110 cm³/mol. The van der Waals surface area contributed by atoms with E-state index in [-0.39, 0.29) is 24.8 Å². The molecule has 3 rings (SSSR count). The summed E-state index contributed by atoms with van der Waals surface area (Å²) in [5, 5.41) is 0. The van der Waals surface area contributed by atoms with Gasteiger partial charge in [-0.25, -0.2) is 0 Å². The molecule has 6 nitrogen and oxygen atoms in total. The quantitative estimate of drug-likeness (QED) is 0.678. The molecule has 2 amide bonds. The van der Waals surface area contributed by atoms with E-state index in [0.29, 0.717) is 13.0 Å². The fourth-order valence-electron chi connectivity index (χ4n) is 3.45. The normalized spacial score (nSPS) is 13.4. The van der Waals surface area contributed by atoms with Crippen LogP contribution in [0.2, 0.25) is 0 Å². The number of hydrogen-bond acceptors (Lipinski definition) is 4. The Balaban J connectivity index is 1.71. The van der Waals surface area contributed by atoms with Crippen molar-refractivity contribution in [3.8, 4) is 0 Å². The van der Waals surface area contributed by atoms with Crippen LogP contribution in [0, 0.1) is 6.92 Å². The van der Waals surface area contributed by atoms with Crippen LogP contribution in [0.5, 0.6) is 0 Å². The molecule has 6 heteroatoms. The summed E-state index contributed by atoms with van der Waals surface area (Å²) < 4.78 is 4.76. The van der Waals surface area contributed by atoms with Crippen LogP contribution in [0.15, 0.2) is 48.5 Å². The molecule has 2 aromatic carbocycles. The van der Waals surface area contributed by atoms with E-state index in [2.05, 4.69) is 0 Å². The minimum absolute atomic E-state index is 0.0932. The largest absolute Gasteiger partial charge is 0.468 e. The molecule has 1 fully saturated rings. The molecular weight excluding hydrogens is 368 g/mol. The zero-order chi connectivity index (χ0) is 20.8. The van der Waals surface area contributed by atoms with E-state index in [4.69, 9.17) is 4.74 Å². The van der Waals surface area contributed by atoms with Crippen molar-refractivity contribution in [3.05, 3.63) is 65.2 Å². The highest BCUT2D eigenvalue weighted by Crippen LogP contribution is 2.22. The van der Waals surface area contributed by atoms with Crippen LogP contribution < -0.4 is 4.90 Å². The summed E-state index contributed by atoms with van der Waals surface area (Å²) in [5.74, 6) is -0.463. The first-order valence-electron chi connectivity index (χ1n) is 9.76. The second-order valence-corrected chi connectivity index (χ2v) is 7.24. The molecule has 2 aromatic rings. The molecule has 0 bridgehead atoms. The van der Waals surface area contributed by atoms with Gasteiger partial charge in [-0.2, -0.15) is 0 Å². The van der Waals surface area contributed by atoms with Crippen LogP contribution in [0.3, 0.4) is 0 Å². The molecule has 152 valence electrons. The molecule has 0 aromatic heterocycles. The number of hydrogen-bond donors (Lipinski definition) is 0. The van der Waals surface area contributed by atoms with Gasteiger partial charge in [0.1, 0.15) is 6.54 Å². The minimum Gasteiger partial charge on any atom is -0.468 e. The Hall–Kier alpha value is -3.15. The van der Waals surface area contributed by atoms with Crippen LogP contribution in [0.4, 0.5) is 5.69 Å². The Labute approximate surface area is 171 Å². The summed E-state index contributed by atoms with van der Waals surface area (Å²) in [6.07, 6.45) is 1.64. The Morgan fingerprint density at radius 1 is 1.10 bits per heavy atom. The summed E-state index contributed by atoms with van der Waals surface area (Å²) in [4.78, 5) is 39.9. The van der Waals surface area contributed by atoms with Crippen molar-refractivity contribution >= 4 is 23.5 Å². The molecule has 1 saturated heterocycles. The lowest BCUT2D eigenvalue weighted by Crippen LogP contribution is -2.37. The van der Waals surface area contributed by atoms with E-state index in [1.54, 1.807) is 4.90 Å². The first kappa shape index (κ1) is 20.6. The van der Waals surface area contributed by atoms with Crippen molar-refractivity contribution in [2.75, 3.05) is 25.1 Å². The van der Waals surface area contributed by atoms with Gasteiger partial charge in [-0.3, -0.25) is 14.4 Å². The van der Waals surface area contributed by atoms with Crippen LogP contribution in [-0.4, -0.2) is 42.9 Å². The highest BCUT2D eigenvalue weighted by Gasteiger charge is 2.22. The zero-order valence-electron chi connectivity index (χ0n) is 16.9. The maximum absolute atomic E-state index is 12.9. The number of ether oxygens (including phenoxy) is 1. The van der Waals surface area contributed by atoms with Gasteiger partial charge in [0.2, 0.25) is 11.8 Å². The lowest BCUT2D eigenvalue weighted by molar-refractivity contribution is -0.147. The number of amides is 2. The summed E-state index contributed by atoms with van der Waals surface area (Å²) in [6, 6.07) is 15.3. The Kier molecular flexibility index (Phi) is 6.65. The van der Waals surface area contributed by atoms with Crippen LogP contribution in [0.1, 0.15) is 29.5 Å². The average molecular weight is 394 g/mol. The summed E-state index contributed by atoms with van der Waals surface area (Å²) in [6.45, 7) is 2.97. The molecule has 0 spiro atoms. The molecule has 1 aliphatic rings. The third kappa shape index (κ3) is 5.22. The number of carbonyl (C=O) groups excluding carboxylic acids is 3. The lowest BCUT2D eigenvalue weighted by atomic mass is 10.1. The van der Waals surface area contributed by atoms with Crippen molar-refractivity contribution in [2.45, 2.75) is 32.7 Å². The summed E-state index contributed by atoms with van der Waals surface area (Å²) >= 11 is 0. The average Bonchev–Trinajstić information content (AvgIpc) is 3.15. The van der Waals surface area contributed by atoms with Gasteiger partial charge in [0.05, 0.1) is 13.5 Å². The van der Waals surface area contributed by atoms with Crippen molar-refractivity contribution in [3.63, 3.8) is 0 Å². The van der Waals surface area contributed by atoms with Gasteiger partial charge in [-0.05, 0) is 42.2 Å². The first-order valence-corrected chi connectivity index (χ1v) is 9.76. The third-order valence-corrected chi connectivity index (χ3v) is 5.20. The monoisotopic (exact) mass is 394 g/mol. The fourth-order valence-corrected chi connectivity index (χ4v) is 3.45. The van der Waals surface area contributed by atoms with E-state index in [1.165, 1.54) is 12.0 Å². The molecule has 0 N–H and O–H groups in total. The van der Waals surface area contributed by atoms with E-state index in [1.807, 2.05) is 55.5 Å². The van der Waals surface area contributed by atoms with E-state index < -0.39 is 5.97 Å². The number of esters is 1. The van der Waals surface area contributed by atoms with Gasteiger partial charge >= 0.3 is 5.97 Å². The predicted octanol–water partition coefficient (Wildman–Crippen LogP) is 2.87. The first-order chi connectivity index (χ1) is 14.0. The van der Waals surface area contributed by atoms with Gasteiger partial charge < -0.3 is 14.5 Å². The van der Waals surface area contributed by atoms with Crippen molar-refractivity contribution in [1.29, 1.82) is 0 Å². The topological polar surface area (TPSA) is 66.9 Å². The van der Waals surface area contributed by atoms with E-state index in [9.17, 15) is 14.4 Å². The zero-order valence-corrected chi connectivity index (χ0v) is 16.9. The molecule has 29 heavy (non-hydrogen) atoms. The molecule has 1 aliphatic heterocycles. The number of rotatable bonds is 7. The van der Waals surface area contributed by atoms with Crippen LogP contribution in [-0.2, 0) is 32.1 Å². The maximum atomic E-state index is 12.9. The molecule has 0 radical (unpaired) electrons. The molecule has 0 atom stereocenters. The fraction of sp³-hybridized carbons (Fsp3) is 0.348. The van der Waals surface area contributed by atoms with Crippen LogP contribution >= 0.6 is 0 Å². The second-order valence-electron chi connectivity index (χ2n) is 7.24. The molecule has 0 saturated carbocycles. The van der Waals surface area contributed by atoms with Crippen molar-refractivity contribution < 1.29 is 19.1 Å². The van der Waals surface area contributed by atoms with E-state index >= 15 is 0 Å². The number of carbonyl (C=O) groups is 3. The van der Waals surface area contributed by atoms with Crippen molar-refractivity contribution in [1.82, 2.24) is 4.90 Å². The standard InChI is InChI=1S/C23H26N2O4/c1-17-6-3-4-7-19(17)15-24(16-23(28)29-2)22(27)14-18-9-11-20(12-10-18)25-13-5-8-21(25)26/h3-4,6-7,9-12H,5,8,13-16H2,1-2H3. The third-order valence-electron chi connectivity index (χ3n) is 5.20. The van der Waals surface area contributed by atoms with Gasteiger partial charge in [-0.1, -0.05) is 36.4 Å². The molecule has 0 aliphatic carbocycles. The van der Waals surface area contributed by atoms with Gasteiger partial charge in [0, 0.05) is 25.2 Å².